The fourth-order valence-electron chi connectivity index (χ4n) is 3.63. The van der Waals surface area contributed by atoms with Crippen LogP contribution in [0.1, 0.15) is 12.0 Å². The zero-order valence-corrected chi connectivity index (χ0v) is 16.9. The van der Waals surface area contributed by atoms with Gasteiger partial charge in [-0.25, -0.2) is 4.79 Å². The number of nitrogens with zero attached hydrogens (tertiary/aromatic N) is 3. The average Bonchev–Trinajstić information content (AvgIpc) is 3.33. The first kappa shape index (κ1) is 24.1. The highest BCUT2D eigenvalue weighted by molar-refractivity contribution is 5.76. The van der Waals surface area contributed by atoms with Crippen LogP contribution in [0.2, 0.25) is 0 Å². The number of carboxylic acid groups (broad SMARTS) is 1. The number of rotatable bonds is 7. The zero-order valence-electron chi connectivity index (χ0n) is 16.9. The monoisotopic (exact) mass is 436 g/mol. The minimum absolute atomic E-state index is 0.0991. The van der Waals surface area contributed by atoms with Crippen LogP contribution in [-0.2, 0) is 32.7 Å². The number of alkyl halides is 3. The summed E-state index contributed by atoms with van der Waals surface area (Å²) < 4.78 is 44.4. The molecule has 1 aromatic rings. The molecule has 0 bridgehead atoms. The van der Waals surface area contributed by atoms with E-state index in [2.05, 4.69) is 21.5 Å². The number of likely N-dealkylation sites (tertiary alicyclic amines) is 1. The summed E-state index contributed by atoms with van der Waals surface area (Å²) in [6, 6.07) is 0. The maximum atomic E-state index is 12.0. The van der Waals surface area contributed by atoms with Gasteiger partial charge in [0.1, 0.15) is 0 Å². The van der Waals surface area contributed by atoms with Crippen LogP contribution in [0.5, 0.6) is 0 Å². The number of hydrogen-bond acceptors (Lipinski definition) is 6. The lowest BCUT2D eigenvalue weighted by Crippen LogP contribution is -2.31. The number of carboxylic acids is 1. The number of ether oxygens (including phenoxy) is 2. The minimum Gasteiger partial charge on any atom is -0.475 e. The summed E-state index contributed by atoms with van der Waals surface area (Å²) in [6.07, 6.45) is -0.305. The van der Waals surface area contributed by atoms with Gasteiger partial charge in [-0.05, 0) is 5.92 Å². The van der Waals surface area contributed by atoms with Crippen LogP contribution < -0.4 is 5.32 Å². The second kappa shape index (κ2) is 10.7. The van der Waals surface area contributed by atoms with Gasteiger partial charge in [0, 0.05) is 64.4 Å². The van der Waals surface area contributed by atoms with Gasteiger partial charge in [-0.15, -0.1) is 0 Å². The second-order valence-corrected chi connectivity index (χ2v) is 7.36. The van der Waals surface area contributed by atoms with Gasteiger partial charge >= 0.3 is 12.1 Å². The zero-order chi connectivity index (χ0) is 22.3. The molecule has 2 aliphatic heterocycles. The standard InChI is InChI=1S/C16H26N4O3.C2HF3O2/c1-19-7-12(6-18-19)8-20-9-14-13(11-23-15(14)10-20)5-16(21)17-3-4-22-2;3-2(4,5)1(6)7/h6-7,13-15H,3-5,8-11H2,1-2H3,(H,17,21);(H,6,7)/t13-,14+,15+;/m0./s1. The van der Waals surface area contributed by atoms with E-state index < -0.39 is 12.1 Å². The molecule has 0 radical (unpaired) electrons. The third kappa shape index (κ3) is 7.26. The summed E-state index contributed by atoms with van der Waals surface area (Å²) in [7, 11) is 3.57. The maximum absolute atomic E-state index is 12.0. The number of halogens is 3. The summed E-state index contributed by atoms with van der Waals surface area (Å²) in [5, 5.41) is 14.2. The molecule has 1 aromatic heterocycles. The van der Waals surface area contributed by atoms with E-state index in [0.717, 1.165) is 19.6 Å². The number of aliphatic carboxylic acids is 1. The van der Waals surface area contributed by atoms with Crippen molar-refractivity contribution >= 4 is 11.9 Å². The lowest BCUT2D eigenvalue weighted by molar-refractivity contribution is -0.192. The molecule has 2 aliphatic rings. The summed E-state index contributed by atoms with van der Waals surface area (Å²) in [5.41, 5.74) is 1.22. The van der Waals surface area contributed by atoms with Crippen LogP contribution in [-0.4, -0.2) is 83.9 Å². The van der Waals surface area contributed by atoms with Gasteiger partial charge in [0.05, 0.1) is 25.5 Å². The van der Waals surface area contributed by atoms with Gasteiger partial charge in [0.25, 0.3) is 0 Å². The fraction of sp³-hybridized carbons (Fsp3) is 0.722. The summed E-state index contributed by atoms with van der Waals surface area (Å²) in [6.45, 7) is 4.67. The van der Waals surface area contributed by atoms with Crippen LogP contribution in [0.15, 0.2) is 12.4 Å². The fourth-order valence-corrected chi connectivity index (χ4v) is 3.63. The normalized spacial score (nSPS) is 23.6. The number of aryl methyl sites for hydroxylation is 1. The average molecular weight is 436 g/mol. The Kier molecular flexibility index (Phi) is 8.62. The van der Waals surface area contributed by atoms with Crippen LogP contribution in [0.25, 0.3) is 0 Å². The summed E-state index contributed by atoms with van der Waals surface area (Å²) >= 11 is 0. The Morgan fingerprint density at radius 3 is 2.67 bits per heavy atom. The molecule has 3 atom stereocenters. The van der Waals surface area contributed by atoms with Crippen molar-refractivity contribution in [3.8, 4) is 0 Å². The molecule has 30 heavy (non-hydrogen) atoms. The van der Waals surface area contributed by atoms with Gasteiger partial charge in [-0.3, -0.25) is 14.4 Å². The number of fused-ring (bicyclic) bond motifs is 1. The highest BCUT2D eigenvalue weighted by atomic mass is 19.4. The molecule has 2 N–H and O–H groups in total. The Hall–Kier alpha value is -2.18. The maximum Gasteiger partial charge on any atom is 0.490 e. The number of carbonyl (C=O) groups is 2. The molecule has 0 aromatic carbocycles. The van der Waals surface area contributed by atoms with Crippen molar-refractivity contribution in [2.75, 3.05) is 40.0 Å². The highest BCUT2D eigenvalue weighted by Crippen LogP contribution is 2.36. The van der Waals surface area contributed by atoms with Gasteiger partial charge in [0.2, 0.25) is 5.91 Å². The Balaban J connectivity index is 0.000000396. The largest absolute Gasteiger partial charge is 0.490 e. The molecule has 0 unspecified atom stereocenters. The topological polar surface area (TPSA) is 106 Å². The van der Waals surface area contributed by atoms with E-state index in [-0.39, 0.29) is 12.0 Å². The summed E-state index contributed by atoms with van der Waals surface area (Å²) in [4.78, 5) is 23.3. The van der Waals surface area contributed by atoms with E-state index in [4.69, 9.17) is 19.4 Å². The van der Waals surface area contributed by atoms with Crippen molar-refractivity contribution in [2.24, 2.45) is 18.9 Å². The number of carbonyl (C=O) groups excluding carboxylic acids is 1. The predicted molar refractivity (Wildman–Crippen MR) is 98.4 cm³/mol. The molecular weight excluding hydrogens is 409 g/mol. The van der Waals surface area contributed by atoms with Gasteiger partial charge in [-0.2, -0.15) is 18.3 Å². The van der Waals surface area contributed by atoms with Crippen molar-refractivity contribution < 1.29 is 37.3 Å². The van der Waals surface area contributed by atoms with Crippen LogP contribution >= 0.6 is 0 Å². The first-order valence-electron chi connectivity index (χ1n) is 9.47. The van der Waals surface area contributed by atoms with Crippen molar-refractivity contribution in [3.05, 3.63) is 18.0 Å². The van der Waals surface area contributed by atoms with Crippen LogP contribution in [0, 0.1) is 11.8 Å². The Labute approximate surface area is 172 Å². The smallest absolute Gasteiger partial charge is 0.475 e. The quantitative estimate of drug-likeness (QED) is 0.605. The number of amides is 1. The second-order valence-electron chi connectivity index (χ2n) is 7.36. The third-order valence-electron chi connectivity index (χ3n) is 5.00. The Morgan fingerprint density at radius 2 is 2.10 bits per heavy atom. The van der Waals surface area contributed by atoms with E-state index in [1.165, 1.54) is 5.56 Å². The van der Waals surface area contributed by atoms with Crippen molar-refractivity contribution in [2.45, 2.75) is 25.2 Å². The van der Waals surface area contributed by atoms with E-state index in [1.54, 1.807) is 7.11 Å². The first-order valence-corrected chi connectivity index (χ1v) is 9.47. The number of hydrogen-bond donors (Lipinski definition) is 2. The number of nitrogens with one attached hydrogen (secondary N) is 1. The lowest BCUT2D eigenvalue weighted by Gasteiger charge is -2.18. The molecule has 3 rings (SSSR count). The molecule has 0 spiro atoms. The predicted octanol–water partition coefficient (Wildman–Crippen LogP) is 0.653. The Morgan fingerprint density at radius 1 is 1.40 bits per heavy atom. The first-order chi connectivity index (χ1) is 14.1. The van der Waals surface area contributed by atoms with E-state index in [1.807, 2.05) is 17.9 Å². The molecular formula is C18H27F3N4O5. The Bertz CT molecular complexity index is 712. The minimum atomic E-state index is -5.08. The lowest BCUT2D eigenvalue weighted by atomic mass is 9.90. The van der Waals surface area contributed by atoms with E-state index in [9.17, 15) is 18.0 Å². The number of methoxy groups -OCH3 is 1. The van der Waals surface area contributed by atoms with E-state index in [0.29, 0.717) is 38.0 Å². The van der Waals surface area contributed by atoms with Gasteiger partial charge < -0.3 is 19.9 Å². The molecule has 3 heterocycles. The molecule has 0 saturated carbocycles. The third-order valence-corrected chi connectivity index (χ3v) is 5.00. The van der Waals surface area contributed by atoms with Crippen molar-refractivity contribution in [3.63, 3.8) is 0 Å². The van der Waals surface area contributed by atoms with Gasteiger partial charge in [0.15, 0.2) is 0 Å². The van der Waals surface area contributed by atoms with Crippen molar-refractivity contribution in [1.29, 1.82) is 0 Å². The molecule has 2 saturated heterocycles. The molecule has 170 valence electrons. The molecule has 2 fully saturated rings. The SMILES string of the molecule is COCCNC(=O)C[C@H]1CO[C@@H]2CN(Cc3cnn(C)c3)C[C@H]12.O=C(O)C(F)(F)F. The molecule has 0 aliphatic carbocycles. The molecule has 9 nitrogen and oxygen atoms in total. The van der Waals surface area contributed by atoms with Crippen molar-refractivity contribution in [1.82, 2.24) is 20.0 Å². The highest BCUT2D eigenvalue weighted by Gasteiger charge is 2.44. The summed E-state index contributed by atoms with van der Waals surface area (Å²) in [5.74, 6) is -1.88. The van der Waals surface area contributed by atoms with E-state index >= 15 is 0 Å². The molecule has 12 heteroatoms. The van der Waals surface area contributed by atoms with Gasteiger partial charge in [-0.1, -0.05) is 0 Å². The number of aromatic nitrogens is 2. The van der Waals surface area contributed by atoms with Crippen LogP contribution in [0.4, 0.5) is 13.2 Å². The molecule has 1 amide bonds. The van der Waals surface area contributed by atoms with Crippen LogP contribution in [0.3, 0.4) is 0 Å².